The summed E-state index contributed by atoms with van der Waals surface area (Å²) in [6, 6.07) is 72.8. The molecule has 12 rings (SSSR count). The van der Waals surface area contributed by atoms with Crippen molar-refractivity contribution in [2.45, 2.75) is 5.41 Å². The molecule has 2 aliphatic carbocycles. The van der Waals surface area contributed by atoms with Gasteiger partial charge < -0.3 is 0 Å². The van der Waals surface area contributed by atoms with Gasteiger partial charge in [-0.05, 0) is 122 Å². The van der Waals surface area contributed by atoms with Gasteiger partial charge in [0.05, 0.1) is 5.41 Å². The zero-order valence-corrected chi connectivity index (χ0v) is 29.0. The molecule has 0 heterocycles. The molecule has 0 fully saturated rings. The first kappa shape index (κ1) is 28.9. The molecule has 0 aliphatic heterocycles. The predicted molar refractivity (Wildman–Crippen MR) is 224 cm³/mol. The van der Waals surface area contributed by atoms with E-state index in [9.17, 15) is 0 Å². The summed E-state index contributed by atoms with van der Waals surface area (Å²) in [6.07, 6.45) is 0. The van der Waals surface area contributed by atoms with Crippen LogP contribution < -0.4 is 0 Å². The Balaban J connectivity index is 1.14. The Morgan fingerprint density at radius 3 is 1.60 bits per heavy atom. The summed E-state index contributed by atoms with van der Waals surface area (Å²) in [5, 5.41) is 10.3. The van der Waals surface area contributed by atoms with Gasteiger partial charge in [-0.3, -0.25) is 0 Å². The molecule has 0 bridgehead atoms. The minimum atomic E-state index is -0.412. The molecule has 0 radical (unpaired) electrons. The molecule has 0 amide bonds. The molecular weight excluding hydrogens is 637 g/mol. The highest BCUT2D eigenvalue weighted by atomic mass is 14.5. The smallest absolute Gasteiger partial charge is 0.0619 e. The number of hydrogen-bond acceptors (Lipinski definition) is 0. The quantitative estimate of drug-likeness (QED) is 0.161. The van der Waals surface area contributed by atoms with Gasteiger partial charge >= 0.3 is 0 Å². The van der Waals surface area contributed by atoms with Crippen molar-refractivity contribution >= 4 is 43.1 Å². The maximum atomic E-state index is 2.43. The Hall–Kier alpha value is -6.76. The zero-order valence-electron chi connectivity index (χ0n) is 29.0. The van der Waals surface area contributed by atoms with E-state index in [4.69, 9.17) is 0 Å². The summed E-state index contributed by atoms with van der Waals surface area (Å²) >= 11 is 0. The monoisotopic (exact) mass is 668 g/mol. The molecule has 0 saturated carbocycles. The molecule has 0 saturated heterocycles. The van der Waals surface area contributed by atoms with Crippen molar-refractivity contribution in [3.8, 4) is 44.5 Å². The van der Waals surface area contributed by atoms with Gasteiger partial charge in [0.2, 0.25) is 0 Å². The van der Waals surface area contributed by atoms with E-state index in [1.807, 2.05) is 0 Å². The van der Waals surface area contributed by atoms with Gasteiger partial charge in [0, 0.05) is 0 Å². The van der Waals surface area contributed by atoms with Crippen LogP contribution >= 0.6 is 0 Å². The fraction of sp³-hybridized carbons (Fsp3) is 0.0189. The first-order valence-electron chi connectivity index (χ1n) is 18.6. The third kappa shape index (κ3) is 3.75. The van der Waals surface area contributed by atoms with Crippen LogP contribution in [0, 0.1) is 0 Å². The van der Waals surface area contributed by atoms with Crippen molar-refractivity contribution in [1.82, 2.24) is 0 Å². The Kier molecular flexibility index (Phi) is 5.80. The predicted octanol–water partition coefficient (Wildman–Crippen LogP) is 14.0. The molecule has 0 nitrogen and oxygen atoms in total. The van der Waals surface area contributed by atoms with Crippen molar-refractivity contribution in [2.24, 2.45) is 0 Å². The average molecular weight is 669 g/mol. The van der Waals surface area contributed by atoms with E-state index in [1.165, 1.54) is 110 Å². The van der Waals surface area contributed by atoms with Crippen LogP contribution in [0.2, 0.25) is 0 Å². The Labute approximate surface area is 308 Å². The highest BCUT2D eigenvalue weighted by Crippen LogP contribution is 2.65. The molecule has 0 heteroatoms. The van der Waals surface area contributed by atoms with E-state index in [1.54, 1.807) is 0 Å². The molecule has 0 atom stereocenters. The summed E-state index contributed by atoms with van der Waals surface area (Å²) in [7, 11) is 0. The number of hydrogen-bond donors (Lipinski definition) is 0. The summed E-state index contributed by atoms with van der Waals surface area (Å²) in [4.78, 5) is 0. The molecule has 2 aliphatic rings. The van der Waals surface area contributed by atoms with Crippen LogP contribution in [-0.2, 0) is 5.41 Å². The Bertz CT molecular complexity index is 3130. The summed E-state index contributed by atoms with van der Waals surface area (Å²) in [6.45, 7) is 0. The molecule has 0 N–H and O–H groups in total. The van der Waals surface area contributed by atoms with Crippen LogP contribution in [0.3, 0.4) is 0 Å². The summed E-state index contributed by atoms with van der Waals surface area (Å²) < 4.78 is 0. The first-order chi connectivity index (χ1) is 26.3. The molecule has 10 aromatic rings. The van der Waals surface area contributed by atoms with Gasteiger partial charge in [0.15, 0.2) is 0 Å². The molecule has 1 spiro atoms. The van der Waals surface area contributed by atoms with Crippen molar-refractivity contribution in [2.75, 3.05) is 0 Å². The minimum Gasteiger partial charge on any atom is -0.0619 e. The van der Waals surface area contributed by atoms with Gasteiger partial charge in [0.25, 0.3) is 0 Å². The van der Waals surface area contributed by atoms with E-state index in [-0.39, 0.29) is 0 Å². The normalized spacial score (nSPS) is 13.4. The lowest BCUT2D eigenvalue weighted by molar-refractivity contribution is 0.802. The minimum absolute atomic E-state index is 0.412. The number of benzene rings is 10. The molecule has 53 heavy (non-hydrogen) atoms. The Morgan fingerprint density at radius 2 is 0.830 bits per heavy atom. The standard InChI is InChI=1S/C53H32/c1-4-17-39-33(13-1)27-30-50-51(39)46-29-26-36-31-35(25-28-40(36)52(46)53(50)48-23-11-9-21-44(48)45-22-10-12-24-49(45)53)38-16-5-6-19-42(38)47-32-34-14-2-3-15-37(34)41-18-7-8-20-43(41)47/h1-32H. The van der Waals surface area contributed by atoms with Gasteiger partial charge in [0.1, 0.15) is 0 Å². The lowest BCUT2D eigenvalue weighted by Crippen LogP contribution is -2.26. The lowest BCUT2D eigenvalue weighted by Gasteiger charge is -2.31. The third-order valence-corrected chi connectivity index (χ3v) is 12.2. The third-order valence-electron chi connectivity index (χ3n) is 12.2. The highest BCUT2D eigenvalue weighted by Gasteiger charge is 2.52. The van der Waals surface area contributed by atoms with Crippen LogP contribution in [0.5, 0.6) is 0 Å². The fourth-order valence-electron chi connectivity index (χ4n) is 10.2. The van der Waals surface area contributed by atoms with E-state index >= 15 is 0 Å². The molecular formula is C53H32. The van der Waals surface area contributed by atoms with Crippen LogP contribution in [-0.4, -0.2) is 0 Å². The fourth-order valence-corrected chi connectivity index (χ4v) is 10.2. The molecule has 244 valence electrons. The average Bonchev–Trinajstić information content (AvgIpc) is 3.71. The molecule has 0 unspecified atom stereocenters. The zero-order chi connectivity index (χ0) is 34.7. The molecule has 0 aromatic heterocycles. The van der Waals surface area contributed by atoms with E-state index in [2.05, 4.69) is 194 Å². The van der Waals surface area contributed by atoms with E-state index in [0.717, 1.165) is 0 Å². The van der Waals surface area contributed by atoms with Crippen LogP contribution in [0.4, 0.5) is 0 Å². The second-order valence-electron chi connectivity index (χ2n) is 14.7. The van der Waals surface area contributed by atoms with Gasteiger partial charge in [-0.25, -0.2) is 0 Å². The van der Waals surface area contributed by atoms with Crippen LogP contribution in [0.15, 0.2) is 194 Å². The Morgan fingerprint density at radius 1 is 0.264 bits per heavy atom. The highest BCUT2D eigenvalue weighted by molar-refractivity contribution is 6.15. The van der Waals surface area contributed by atoms with Crippen LogP contribution in [0.25, 0.3) is 87.6 Å². The SMILES string of the molecule is c1ccc(-c2cc3ccccc3c3ccccc23)c(-c2ccc3c4c(ccc3c2)-c2c(ccc3ccccc23)C42c3ccccc3-c3ccccc32)c1. The van der Waals surface area contributed by atoms with E-state index in [0.29, 0.717) is 0 Å². The summed E-state index contributed by atoms with van der Waals surface area (Å²) in [5.74, 6) is 0. The molecule has 10 aromatic carbocycles. The van der Waals surface area contributed by atoms with Crippen molar-refractivity contribution in [1.29, 1.82) is 0 Å². The van der Waals surface area contributed by atoms with Gasteiger partial charge in [-0.2, -0.15) is 0 Å². The maximum Gasteiger partial charge on any atom is 0.0731 e. The topological polar surface area (TPSA) is 0 Å². The first-order valence-corrected chi connectivity index (χ1v) is 18.6. The number of rotatable bonds is 2. The van der Waals surface area contributed by atoms with Crippen molar-refractivity contribution in [3.63, 3.8) is 0 Å². The number of fused-ring (bicyclic) bond motifs is 17. The maximum absolute atomic E-state index is 2.43. The van der Waals surface area contributed by atoms with Gasteiger partial charge in [-0.1, -0.05) is 182 Å². The second kappa shape index (κ2) is 10.6. The van der Waals surface area contributed by atoms with Crippen molar-refractivity contribution in [3.05, 3.63) is 216 Å². The van der Waals surface area contributed by atoms with E-state index < -0.39 is 5.41 Å². The summed E-state index contributed by atoms with van der Waals surface area (Å²) in [5.41, 5.74) is 15.5. The largest absolute Gasteiger partial charge is 0.0731 e. The van der Waals surface area contributed by atoms with Crippen LogP contribution in [0.1, 0.15) is 22.3 Å². The second-order valence-corrected chi connectivity index (χ2v) is 14.7. The van der Waals surface area contributed by atoms with Gasteiger partial charge in [-0.15, -0.1) is 0 Å². The lowest BCUT2D eigenvalue weighted by atomic mass is 9.69. The van der Waals surface area contributed by atoms with Crippen molar-refractivity contribution < 1.29 is 0 Å².